The number of piperidine rings is 1. The quantitative estimate of drug-likeness (QED) is 0.368. The van der Waals surface area contributed by atoms with Crippen molar-refractivity contribution < 1.29 is 15.1 Å². The first-order chi connectivity index (χ1) is 9.00. The summed E-state index contributed by atoms with van der Waals surface area (Å²) in [6.07, 6.45) is 1.77. The van der Waals surface area contributed by atoms with Crippen molar-refractivity contribution in [3.05, 3.63) is 27.8 Å². The van der Waals surface area contributed by atoms with E-state index in [4.69, 9.17) is 5.73 Å². The molecule has 1 aromatic carbocycles. The topological polar surface area (TPSA) is 122 Å². The van der Waals surface area contributed by atoms with Crippen LogP contribution in [0.1, 0.15) is 24.4 Å². The van der Waals surface area contributed by atoms with Gasteiger partial charge in [-0.15, -0.1) is 0 Å². The number of nitrogens with one attached hydrogen (secondary N) is 1. The lowest BCUT2D eigenvalue weighted by Gasteiger charge is -2.28. The largest absolute Gasteiger partial charge is 0.504 e. The van der Waals surface area contributed by atoms with E-state index in [0.717, 1.165) is 25.9 Å². The lowest BCUT2D eigenvalue weighted by atomic mass is 9.86. The number of phenols is 2. The fourth-order valence-electron chi connectivity index (χ4n) is 2.43. The Morgan fingerprint density at radius 1 is 1.37 bits per heavy atom. The maximum absolute atomic E-state index is 10.8. The minimum absolute atomic E-state index is 0.213. The molecule has 1 aromatic rings. The third-order valence-electron chi connectivity index (χ3n) is 3.57. The maximum Gasteiger partial charge on any atom is 0.314 e. The number of phenolic OH excluding ortho intramolecular Hbond substituents is 2. The van der Waals surface area contributed by atoms with Crippen LogP contribution in [0.15, 0.2) is 12.1 Å². The summed E-state index contributed by atoms with van der Waals surface area (Å²) < 4.78 is 0. The molecule has 0 amide bonds. The van der Waals surface area contributed by atoms with Crippen LogP contribution in [0.4, 0.5) is 5.69 Å². The van der Waals surface area contributed by atoms with Gasteiger partial charge in [-0.1, -0.05) is 0 Å². The molecule has 0 spiro atoms. The highest BCUT2D eigenvalue weighted by Gasteiger charge is 2.26. The normalized spacial score (nSPS) is 18.2. The minimum atomic E-state index is -0.728. The standard InChI is InChI=1S/C12H17N3O4/c13-11(7-1-3-14-4-2-7)8-5-9(15(18)19)12(17)10(16)6-8/h5-7,11,14,16-17H,1-4,13H2/t11-/m1/s1. The van der Waals surface area contributed by atoms with Crippen LogP contribution in [-0.2, 0) is 0 Å². The molecule has 0 aromatic heterocycles. The first-order valence-electron chi connectivity index (χ1n) is 6.17. The van der Waals surface area contributed by atoms with Crippen LogP contribution >= 0.6 is 0 Å². The molecule has 7 heteroatoms. The fourth-order valence-corrected chi connectivity index (χ4v) is 2.43. The molecule has 0 bridgehead atoms. The second-order valence-corrected chi connectivity index (χ2v) is 4.78. The van der Waals surface area contributed by atoms with E-state index in [1.807, 2.05) is 0 Å². The Morgan fingerprint density at radius 3 is 2.58 bits per heavy atom. The number of benzene rings is 1. The molecule has 0 aliphatic carbocycles. The van der Waals surface area contributed by atoms with Crippen LogP contribution in [0.25, 0.3) is 0 Å². The molecule has 1 aliphatic heterocycles. The van der Waals surface area contributed by atoms with E-state index in [1.165, 1.54) is 12.1 Å². The summed E-state index contributed by atoms with van der Waals surface area (Å²) in [6, 6.07) is 2.16. The average molecular weight is 267 g/mol. The first kappa shape index (κ1) is 13.6. The van der Waals surface area contributed by atoms with Gasteiger partial charge >= 0.3 is 5.69 Å². The zero-order chi connectivity index (χ0) is 14.0. The molecule has 19 heavy (non-hydrogen) atoms. The van der Waals surface area contributed by atoms with Crippen LogP contribution in [0.5, 0.6) is 11.5 Å². The summed E-state index contributed by atoms with van der Waals surface area (Å²) in [4.78, 5) is 10.1. The molecular formula is C12H17N3O4. The zero-order valence-electron chi connectivity index (χ0n) is 10.4. The predicted molar refractivity (Wildman–Crippen MR) is 68.9 cm³/mol. The molecule has 1 atom stereocenters. The molecule has 1 fully saturated rings. The van der Waals surface area contributed by atoms with Gasteiger partial charge in [0.15, 0.2) is 5.75 Å². The van der Waals surface area contributed by atoms with E-state index in [-0.39, 0.29) is 12.0 Å². The molecule has 1 aliphatic rings. The summed E-state index contributed by atoms with van der Waals surface area (Å²) in [6.45, 7) is 1.73. The Bertz CT molecular complexity index is 486. The Labute approximate surface area is 110 Å². The number of nitrogens with two attached hydrogens (primary N) is 1. The second-order valence-electron chi connectivity index (χ2n) is 4.78. The Balaban J connectivity index is 2.31. The van der Waals surface area contributed by atoms with E-state index >= 15 is 0 Å². The van der Waals surface area contributed by atoms with Crippen molar-refractivity contribution in [1.29, 1.82) is 0 Å². The lowest BCUT2D eigenvalue weighted by molar-refractivity contribution is -0.386. The Morgan fingerprint density at radius 2 is 2.00 bits per heavy atom. The minimum Gasteiger partial charge on any atom is -0.504 e. The van der Waals surface area contributed by atoms with Gasteiger partial charge in [0.25, 0.3) is 0 Å². The van der Waals surface area contributed by atoms with Gasteiger partial charge in [-0.25, -0.2) is 0 Å². The highest BCUT2D eigenvalue weighted by atomic mass is 16.6. The van der Waals surface area contributed by atoms with E-state index in [1.54, 1.807) is 0 Å². The van der Waals surface area contributed by atoms with Crippen molar-refractivity contribution in [2.24, 2.45) is 11.7 Å². The molecule has 0 radical (unpaired) electrons. The van der Waals surface area contributed by atoms with Crippen molar-refractivity contribution in [2.75, 3.05) is 13.1 Å². The fraction of sp³-hybridized carbons (Fsp3) is 0.500. The average Bonchev–Trinajstić information content (AvgIpc) is 2.41. The van der Waals surface area contributed by atoms with Gasteiger partial charge in [0, 0.05) is 12.1 Å². The maximum atomic E-state index is 10.8. The Hall–Kier alpha value is -1.86. The van der Waals surface area contributed by atoms with Gasteiger partial charge in [0.1, 0.15) is 0 Å². The van der Waals surface area contributed by atoms with Gasteiger partial charge in [-0.3, -0.25) is 10.1 Å². The third-order valence-corrected chi connectivity index (χ3v) is 3.57. The van der Waals surface area contributed by atoms with Crippen molar-refractivity contribution in [2.45, 2.75) is 18.9 Å². The number of hydrogen-bond donors (Lipinski definition) is 4. The number of aromatic hydroxyl groups is 2. The van der Waals surface area contributed by atoms with E-state index < -0.39 is 22.1 Å². The number of hydrogen-bond acceptors (Lipinski definition) is 6. The molecule has 7 nitrogen and oxygen atoms in total. The Kier molecular flexibility index (Phi) is 3.87. The SMILES string of the molecule is N[C@@H](c1cc(O)c(O)c([N+](=O)[O-])c1)C1CCNCC1. The summed E-state index contributed by atoms with van der Waals surface area (Å²) in [7, 11) is 0. The molecule has 2 rings (SSSR count). The number of nitro groups is 1. The molecule has 0 saturated carbocycles. The number of nitro benzene ring substituents is 1. The van der Waals surface area contributed by atoms with E-state index in [0.29, 0.717) is 5.56 Å². The van der Waals surface area contributed by atoms with Crippen molar-refractivity contribution >= 4 is 5.69 Å². The molecule has 1 saturated heterocycles. The molecular weight excluding hydrogens is 250 g/mol. The predicted octanol–water partition coefficient (Wildman–Crippen LogP) is 1.01. The summed E-state index contributed by atoms with van der Waals surface area (Å²) in [5, 5.41) is 33.0. The zero-order valence-corrected chi connectivity index (χ0v) is 10.4. The summed E-state index contributed by atoms with van der Waals surface area (Å²) in [5.41, 5.74) is 6.08. The van der Waals surface area contributed by atoms with Crippen LogP contribution in [0, 0.1) is 16.0 Å². The second kappa shape index (κ2) is 5.41. The van der Waals surface area contributed by atoms with Gasteiger partial charge in [-0.2, -0.15) is 0 Å². The van der Waals surface area contributed by atoms with Crippen molar-refractivity contribution in [3.63, 3.8) is 0 Å². The van der Waals surface area contributed by atoms with Crippen molar-refractivity contribution in [1.82, 2.24) is 5.32 Å². The number of nitrogens with zero attached hydrogens (tertiary/aromatic N) is 1. The third kappa shape index (κ3) is 2.77. The van der Waals surface area contributed by atoms with E-state index in [2.05, 4.69) is 5.32 Å². The van der Waals surface area contributed by atoms with Crippen LogP contribution in [0.3, 0.4) is 0 Å². The lowest BCUT2D eigenvalue weighted by Crippen LogP contribution is -2.33. The molecule has 1 heterocycles. The van der Waals surface area contributed by atoms with Gasteiger partial charge in [0.2, 0.25) is 5.75 Å². The molecule has 5 N–H and O–H groups in total. The summed E-state index contributed by atoms with van der Waals surface area (Å²) >= 11 is 0. The van der Waals surface area contributed by atoms with Crippen LogP contribution in [-0.4, -0.2) is 28.2 Å². The van der Waals surface area contributed by atoms with Crippen molar-refractivity contribution in [3.8, 4) is 11.5 Å². The highest BCUT2D eigenvalue weighted by Crippen LogP contribution is 2.39. The number of rotatable bonds is 3. The van der Waals surface area contributed by atoms with E-state index in [9.17, 15) is 20.3 Å². The smallest absolute Gasteiger partial charge is 0.314 e. The first-order valence-corrected chi connectivity index (χ1v) is 6.17. The van der Waals surface area contributed by atoms with Crippen LogP contribution < -0.4 is 11.1 Å². The summed E-state index contributed by atoms with van der Waals surface area (Å²) in [5.74, 6) is -1.01. The molecule has 104 valence electrons. The van der Waals surface area contributed by atoms with Gasteiger partial charge in [-0.05, 0) is 43.5 Å². The molecule has 0 unspecified atom stereocenters. The highest BCUT2D eigenvalue weighted by molar-refractivity contribution is 5.57. The monoisotopic (exact) mass is 267 g/mol. The van der Waals surface area contributed by atoms with Gasteiger partial charge in [0.05, 0.1) is 4.92 Å². The van der Waals surface area contributed by atoms with Gasteiger partial charge < -0.3 is 21.3 Å². The van der Waals surface area contributed by atoms with Crippen LogP contribution in [0.2, 0.25) is 0 Å².